The Hall–Kier alpha value is -1.61. The zero-order valence-electron chi connectivity index (χ0n) is 12.4. The Labute approximate surface area is 121 Å². The number of hydrogen-bond donors (Lipinski definition) is 1. The predicted molar refractivity (Wildman–Crippen MR) is 81.7 cm³/mol. The molecule has 0 saturated heterocycles. The number of aliphatic hydroxyl groups is 1. The van der Waals surface area contributed by atoms with Gasteiger partial charge in [0, 0.05) is 18.7 Å². The van der Waals surface area contributed by atoms with Crippen LogP contribution >= 0.6 is 0 Å². The molecule has 1 heterocycles. The average Bonchev–Trinajstić information content (AvgIpc) is 2.80. The molecule has 20 heavy (non-hydrogen) atoms. The van der Waals surface area contributed by atoms with Gasteiger partial charge in [-0.3, -0.25) is 4.68 Å². The lowest BCUT2D eigenvalue weighted by Gasteiger charge is -2.11. The molecule has 108 valence electrons. The van der Waals surface area contributed by atoms with Crippen LogP contribution in [-0.4, -0.2) is 21.0 Å². The molecule has 3 heteroatoms. The van der Waals surface area contributed by atoms with Gasteiger partial charge in [0.15, 0.2) is 0 Å². The zero-order valence-corrected chi connectivity index (χ0v) is 12.4. The van der Waals surface area contributed by atoms with Gasteiger partial charge in [-0.15, -0.1) is 0 Å². The summed E-state index contributed by atoms with van der Waals surface area (Å²) in [5, 5.41) is 14.6. The van der Waals surface area contributed by atoms with Gasteiger partial charge in [0.25, 0.3) is 0 Å². The summed E-state index contributed by atoms with van der Waals surface area (Å²) in [7, 11) is 0. The minimum atomic E-state index is -0.278. The summed E-state index contributed by atoms with van der Waals surface area (Å²) in [6, 6.07) is 12.5. The van der Waals surface area contributed by atoms with E-state index in [1.165, 1.54) is 5.56 Å². The Bertz CT molecular complexity index is 519. The lowest BCUT2D eigenvalue weighted by molar-refractivity contribution is 0.159. The van der Waals surface area contributed by atoms with Crippen LogP contribution in [0.4, 0.5) is 0 Å². The maximum Gasteiger partial charge on any atom is 0.0596 e. The lowest BCUT2D eigenvalue weighted by atomic mass is 10.0. The number of rotatable bonds is 7. The molecule has 1 atom stereocenters. The summed E-state index contributed by atoms with van der Waals surface area (Å²) in [6.45, 7) is 4.94. The molecule has 0 bridgehead atoms. The average molecular weight is 272 g/mol. The van der Waals surface area contributed by atoms with E-state index in [2.05, 4.69) is 42.4 Å². The van der Waals surface area contributed by atoms with Crippen LogP contribution < -0.4 is 0 Å². The molecule has 2 rings (SSSR count). The SMILES string of the molecule is CCn1nc(C)cc1CC(O)CCCc1ccccc1. The molecule has 1 aromatic carbocycles. The van der Waals surface area contributed by atoms with Crippen molar-refractivity contribution in [1.29, 1.82) is 0 Å². The standard InChI is InChI=1S/C17H24N2O/c1-3-19-16(12-14(2)18-19)13-17(20)11-7-10-15-8-5-4-6-9-15/h4-6,8-9,12,17,20H,3,7,10-11,13H2,1-2H3. The molecule has 0 fully saturated rings. The van der Waals surface area contributed by atoms with Crippen LogP contribution in [-0.2, 0) is 19.4 Å². The molecule has 0 aliphatic rings. The third kappa shape index (κ3) is 4.20. The topological polar surface area (TPSA) is 38.0 Å². The lowest BCUT2D eigenvalue weighted by Crippen LogP contribution is -2.14. The van der Waals surface area contributed by atoms with Gasteiger partial charge in [-0.1, -0.05) is 30.3 Å². The second kappa shape index (κ2) is 7.25. The summed E-state index contributed by atoms with van der Waals surface area (Å²) < 4.78 is 1.98. The Balaban J connectivity index is 1.79. The Morgan fingerprint density at radius 1 is 1.25 bits per heavy atom. The zero-order chi connectivity index (χ0) is 14.4. The van der Waals surface area contributed by atoms with E-state index in [1.54, 1.807) is 0 Å². The molecule has 3 nitrogen and oxygen atoms in total. The van der Waals surface area contributed by atoms with E-state index < -0.39 is 0 Å². The van der Waals surface area contributed by atoms with Crippen LogP contribution in [0, 0.1) is 6.92 Å². The molecule has 0 spiro atoms. The molecule has 0 aliphatic carbocycles. The first-order chi connectivity index (χ1) is 9.69. The van der Waals surface area contributed by atoms with E-state index in [-0.39, 0.29) is 6.10 Å². The number of aliphatic hydroxyl groups excluding tert-OH is 1. The fourth-order valence-electron chi connectivity index (χ4n) is 2.57. The first-order valence-electron chi connectivity index (χ1n) is 7.44. The number of aromatic nitrogens is 2. The Morgan fingerprint density at radius 2 is 2.00 bits per heavy atom. The van der Waals surface area contributed by atoms with E-state index in [1.807, 2.05) is 17.7 Å². The maximum absolute atomic E-state index is 10.2. The molecule has 0 saturated carbocycles. The molecule has 1 aromatic heterocycles. The second-order valence-electron chi connectivity index (χ2n) is 5.33. The van der Waals surface area contributed by atoms with E-state index in [0.29, 0.717) is 6.42 Å². The van der Waals surface area contributed by atoms with Gasteiger partial charge in [-0.05, 0) is 44.7 Å². The molecule has 1 unspecified atom stereocenters. The highest BCUT2D eigenvalue weighted by atomic mass is 16.3. The summed E-state index contributed by atoms with van der Waals surface area (Å²) in [4.78, 5) is 0. The van der Waals surface area contributed by atoms with Crippen LogP contribution in [0.1, 0.15) is 36.7 Å². The van der Waals surface area contributed by atoms with Crippen molar-refractivity contribution < 1.29 is 5.11 Å². The molecule has 0 amide bonds. The number of hydrogen-bond acceptors (Lipinski definition) is 2. The fourth-order valence-corrected chi connectivity index (χ4v) is 2.57. The highest BCUT2D eigenvalue weighted by Crippen LogP contribution is 2.12. The van der Waals surface area contributed by atoms with Gasteiger partial charge < -0.3 is 5.11 Å². The van der Waals surface area contributed by atoms with Gasteiger partial charge in [0.1, 0.15) is 0 Å². The highest BCUT2D eigenvalue weighted by molar-refractivity contribution is 5.14. The molecule has 0 radical (unpaired) electrons. The minimum Gasteiger partial charge on any atom is -0.393 e. The smallest absolute Gasteiger partial charge is 0.0596 e. The van der Waals surface area contributed by atoms with Crippen LogP contribution in [0.2, 0.25) is 0 Å². The maximum atomic E-state index is 10.2. The summed E-state index contributed by atoms with van der Waals surface area (Å²) in [5.74, 6) is 0. The van der Waals surface area contributed by atoms with Crippen molar-refractivity contribution in [2.24, 2.45) is 0 Å². The third-order valence-electron chi connectivity index (χ3n) is 3.58. The third-order valence-corrected chi connectivity index (χ3v) is 3.58. The molecule has 2 aromatic rings. The van der Waals surface area contributed by atoms with Gasteiger partial charge in [0.05, 0.1) is 11.8 Å². The number of aryl methyl sites for hydroxylation is 3. The van der Waals surface area contributed by atoms with Crippen LogP contribution in [0.3, 0.4) is 0 Å². The van der Waals surface area contributed by atoms with Crippen molar-refractivity contribution in [2.75, 3.05) is 0 Å². The normalized spacial score (nSPS) is 12.6. The molecule has 0 aliphatic heterocycles. The van der Waals surface area contributed by atoms with E-state index in [4.69, 9.17) is 0 Å². The monoisotopic (exact) mass is 272 g/mol. The quantitative estimate of drug-likeness (QED) is 0.841. The van der Waals surface area contributed by atoms with Crippen LogP contribution in [0.5, 0.6) is 0 Å². The van der Waals surface area contributed by atoms with Gasteiger partial charge in [-0.25, -0.2) is 0 Å². The first-order valence-corrected chi connectivity index (χ1v) is 7.44. The van der Waals surface area contributed by atoms with Crippen molar-refractivity contribution in [1.82, 2.24) is 9.78 Å². The van der Waals surface area contributed by atoms with Gasteiger partial charge >= 0.3 is 0 Å². The Morgan fingerprint density at radius 3 is 2.70 bits per heavy atom. The molecular weight excluding hydrogens is 248 g/mol. The summed E-state index contributed by atoms with van der Waals surface area (Å²) >= 11 is 0. The van der Waals surface area contributed by atoms with E-state index in [0.717, 1.165) is 37.2 Å². The predicted octanol–water partition coefficient (Wildman–Crippen LogP) is 3.14. The minimum absolute atomic E-state index is 0.278. The van der Waals surface area contributed by atoms with Crippen LogP contribution in [0.25, 0.3) is 0 Å². The highest BCUT2D eigenvalue weighted by Gasteiger charge is 2.10. The Kier molecular flexibility index (Phi) is 5.36. The van der Waals surface area contributed by atoms with Crippen LogP contribution in [0.15, 0.2) is 36.4 Å². The summed E-state index contributed by atoms with van der Waals surface area (Å²) in [5.41, 5.74) is 3.50. The fraction of sp³-hybridized carbons (Fsp3) is 0.471. The van der Waals surface area contributed by atoms with Crippen molar-refractivity contribution >= 4 is 0 Å². The van der Waals surface area contributed by atoms with Gasteiger partial charge in [0.2, 0.25) is 0 Å². The molecule has 1 N–H and O–H groups in total. The number of benzene rings is 1. The van der Waals surface area contributed by atoms with Crippen molar-refractivity contribution in [2.45, 2.75) is 52.2 Å². The largest absolute Gasteiger partial charge is 0.393 e. The van der Waals surface area contributed by atoms with E-state index in [9.17, 15) is 5.11 Å². The first kappa shape index (κ1) is 14.8. The second-order valence-corrected chi connectivity index (χ2v) is 5.33. The van der Waals surface area contributed by atoms with Gasteiger partial charge in [-0.2, -0.15) is 5.10 Å². The number of nitrogens with zero attached hydrogens (tertiary/aromatic N) is 2. The van der Waals surface area contributed by atoms with Crippen molar-refractivity contribution in [3.05, 3.63) is 53.3 Å². The van der Waals surface area contributed by atoms with Crippen molar-refractivity contribution in [3.63, 3.8) is 0 Å². The molecular formula is C17H24N2O. The summed E-state index contributed by atoms with van der Waals surface area (Å²) in [6.07, 6.45) is 3.31. The van der Waals surface area contributed by atoms with E-state index >= 15 is 0 Å². The van der Waals surface area contributed by atoms with Crippen molar-refractivity contribution in [3.8, 4) is 0 Å².